The average Bonchev–Trinajstić information content (AvgIpc) is 2.98. The van der Waals surface area contributed by atoms with Crippen molar-refractivity contribution in [3.63, 3.8) is 0 Å². The molecule has 1 aromatic heterocycles. The van der Waals surface area contributed by atoms with Gasteiger partial charge in [0.05, 0.1) is 0 Å². The van der Waals surface area contributed by atoms with E-state index in [1.165, 1.54) is 5.56 Å². The maximum absolute atomic E-state index is 11.6. The third kappa shape index (κ3) is 5.08. The maximum atomic E-state index is 11.6. The zero-order valence-corrected chi connectivity index (χ0v) is 15.1. The molecule has 0 saturated carbocycles. The molecule has 2 aromatic rings. The van der Waals surface area contributed by atoms with E-state index in [9.17, 15) is 4.79 Å². The number of aromatic nitrogens is 3. The van der Waals surface area contributed by atoms with Gasteiger partial charge in [0.2, 0.25) is 5.91 Å². The van der Waals surface area contributed by atoms with Crippen LogP contribution in [0.25, 0.3) is 0 Å². The summed E-state index contributed by atoms with van der Waals surface area (Å²) in [5.74, 6) is 2.15. The number of ether oxygens (including phenoxy) is 1. The van der Waals surface area contributed by atoms with E-state index in [-0.39, 0.29) is 11.3 Å². The number of aryl methyl sites for hydroxylation is 1. The minimum absolute atomic E-state index is 0.0662. The Kier molecular flexibility index (Phi) is 5.59. The second-order valence-electron chi connectivity index (χ2n) is 7.05. The highest BCUT2D eigenvalue weighted by atomic mass is 16.5. The molecular formula is C18H26N4O2. The molecule has 0 aliphatic carbocycles. The summed E-state index contributed by atoms with van der Waals surface area (Å²) in [6.45, 7) is 6.86. The van der Waals surface area contributed by atoms with E-state index >= 15 is 0 Å². The summed E-state index contributed by atoms with van der Waals surface area (Å²) in [5.41, 5.74) is 1.39. The smallest absolute Gasteiger partial charge is 0.222 e. The fourth-order valence-corrected chi connectivity index (χ4v) is 2.16. The van der Waals surface area contributed by atoms with Crippen molar-refractivity contribution in [3.8, 4) is 5.75 Å². The van der Waals surface area contributed by atoms with Gasteiger partial charge in [-0.3, -0.25) is 9.89 Å². The molecule has 24 heavy (non-hydrogen) atoms. The number of aromatic amines is 1. The van der Waals surface area contributed by atoms with E-state index in [4.69, 9.17) is 4.74 Å². The molecule has 0 aliphatic rings. The second-order valence-corrected chi connectivity index (χ2v) is 7.05. The number of hydrogen-bond acceptors (Lipinski definition) is 4. The van der Waals surface area contributed by atoms with E-state index in [2.05, 4.69) is 48.1 Å². The highest BCUT2D eigenvalue weighted by Crippen LogP contribution is 2.24. The Labute approximate surface area is 143 Å². The summed E-state index contributed by atoms with van der Waals surface area (Å²) in [4.78, 5) is 17.5. The number of nitrogens with zero attached hydrogens (tertiary/aromatic N) is 3. The van der Waals surface area contributed by atoms with Crippen LogP contribution in [-0.2, 0) is 23.2 Å². The van der Waals surface area contributed by atoms with E-state index in [0.29, 0.717) is 31.1 Å². The zero-order chi connectivity index (χ0) is 17.7. The molecular weight excluding hydrogens is 304 g/mol. The first-order chi connectivity index (χ1) is 11.3. The summed E-state index contributed by atoms with van der Waals surface area (Å²) in [6.07, 6.45) is 0.924. The predicted molar refractivity (Wildman–Crippen MR) is 92.9 cm³/mol. The highest BCUT2D eigenvalue weighted by molar-refractivity contribution is 5.75. The van der Waals surface area contributed by atoms with E-state index in [0.717, 1.165) is 5.75 Å². The standard InChI is InChI=1S/C18H26N4O2/c1-18(2,3)13-6-8-14(9-7-13)24-12-16-19-15(20-21-16)10-11-17(23)22(4)5/h6-9H,10-12H2,1-5H3,(H,19,20,21). The molecule has 0 atom stereocenters. The lowest BCUT2D eigenvalue weighted by Gasteiger charge is -2.19. The summed E-state index contributed by atoms with van der Waals surface area (Å²) >= 11 is 0. The summed E-state index contributed by atoms with van der Waals surface area (Å²) in [5, 5.41) is 6.97. The molecule has 2 rings (SSSR count). The lowest BCUT2D eigenvalue weighted by atomic mass is 9.87. The number of H-pyrrole nitrogens is 1. The van der Waals surface area contributed by atoms with E-state index < -0.39 is 0 Å². The van der Waals surface area contributed by atoms with Gasteiger partial charge in [-0.2, -0.15) is 5.10 Å². The lowest BCUT2D eigenvalue weighted by Crippen LogP contribution is -2.21. The largest absolute Gasteiger partial charge is 0.486 e. The monoisotopic (exact) mass is 330 g/mol. The third-order valence-electron chi connectivity index (χ3n) is 3.74. The quantitative estimate of drug-likeness (QED) is 0.884. The molecule has 1 heterocycles. The molecule has 0 radical (unpaired) electrons. The molecule has 1 aromatic carbocycles. The number of amides is 1. The van der Waals surface area contributed by atoms with E-state index in [1.54, 1.807) is 19.0 Å². The van der Waals surface area contributed by atoms with Crippen molar-refractivity contribution in [3.05, 3.63) is 41.5 Å². The van der Waals surface area contributed by atoms with Gasteiger partial charge in [0.15, 0.2) is 11.6 Å². The topological polar surface area (TPSA) is 71.1 Å². The fraction of sp³-hybridized carbons (Fsp3) is 0.500. The molecule has 0 bridgehead atoms. The Bertz CT molecular complexity index is 669. The van der Waals surface area contributed by atoms with Crippen molar-refractivity contribution in [2.45, 2.75) is 45.6 Å². The van der Waals surface area contributed by atoms with Crippen molar-refractivity contribution in [2.75, 3.05) is 14.1 Å². The van der Waals surface area contributed by atoms with Crippen LogP contribution in [0, 0.1) is 0 Å². The molecule has 0 fully saturated rings. The average molecular weight is 330 g/mol. The first-order valence-electron chi connectivity index (χ1n) is 8.09. The zero-order valence-electron chi connectivity index (χ0n) is 15.1. The van der Waals surface area contributed by atoms with Crippen molar-refractivity contribution >= 4 is 5.91 Å². The third-order valence-corrected chi connectivity index (χ3v) is 3.74. The van der Waals surface area contributed by atoms with Crippen LogP contribution in [0.15, 0.2) is 24.3 Å². The van der Waals surface area contributed by atoms with Gasteiger partial charge in [-0.1, -0.05) is 32.9 Å². The second kappa shape index (κ2) is 7.47. The van der Waals surface area contributed by atoms with Gasteiger partial charge < -0.3 is 9.64 Å². The molecule has 0 spiro atoms. The van der Waals surface area contributed by atoms with Gasteiger partial charge >= 0.3 is 0 Å². The van der Waals surface area contributed by atoms with Gasteiger partial charge in [-0.15, -0.1) is 0 Å². The number of benzene rings is 1. The van der Waals surface area contributed by atoms with Crippen LogP contribution in [0.2, 0.25) is 0 Å². The maximum Gasteiger partial charge on any atom is 0.222 e. The molecule has 0 unspecified atom stereocenters. The molecule has 1 N–H and O–H groups in total. The molecule has 0 aliphatic heterocycles. The van der Waals surface area contributed by atoms with Crippen LogP contribution in [0.4, 0.5) is 0 Å². The van der Waals surface area contributed by atoms with Gasteiger partial charge in [0, 0.05) is 26.9 Å². The van der Waals surface area contributed by atoms with Crippen molar-refractivity contribution in [2.24, 2.45) is 0 Å². The lowest BCUT2D eigenvalue weighted by molar-refractivity contribution is -0.128. The van der Waals surface area contributed by atoms with Crippen molar-refractivity contribution in [1.82, 2.24) is 20.1 Å². The molecule has 6 heteroatoms. The molecule has 0 saturated heterocycles. The molecule has 1 amide bonds. The normalized spacial score (nSPS) is 11.4. The Balaban J connectivity index is 1.85. The summed E-state index contributed by atoms with van der Waals surface area (Å²) in [7, 11) is 3.48. The van der Waals surface area contributed by atoms with Gasteiger partial charge in [-0.05, 0) is 23.1 Å². The van der Waals surface area contributed by atoms with Crippen LogP contribution < -0.4 is 4.74 Å². The van der Waals surface area contributed by atoms with Gasteiger partial charge in [-0.25, -0.2) is 4.98 Å². The van der Waals surface area contributed by atoms with Crippen LogP contribution >= 0.6 is 0 Å². The molecule has 130 valence electrons. The van der Waals surface area contributed by atoms with Crippen LogP contribution in [-0.4, -0.2) is 40.1 Å². The van der Waals surface area contributed by atoms with Crippen molar-refractivity contribution in [1.29, 1.82) is 0 Å². The first-order valence-corrected chi connectivity index (χ1v) is 8.09. The van der Waals surface area contributed by atoms with Crippen molar-refractivity contribution < 1.29 is 9.53 Å². The SMILES string of the molecule is CN(C)C(=O)CCc1n[nH]c(COc2ccc(C(C)(C)C)cc2)n1. The number of hydrogen-bond donors (Lipinski definition) is 1. The first kappa shape index (κ1) is 18.0. The van der Waals surface area contributed by atoms with Crippen LogP contribution in [0.5, 0.6) is 5.75 Å². The Hall–Kier alpha value is -2.37. The minimum Gasteiger partial charge on any atom is -0.486 e. The summed E-state index contributed by atoms with van der Waals surface area (Å²) in [6, 6.07) is 8.09. The number of carbonyl (C=O) groups excluding carboxylic acids is 1. The highest BCUT2D eigenvalue weighted by Gasteiger charge is 2.13. The predicted octanol–water partition coefficient (Wildman–Crippen LogP) is 2.70. The van der Waals surface area contributed by atoms with Crippen LogP contribution in [0.3, 0.4) is 0 Å². The Morgan fingerprint density at radius 2 is 1.88 bits per heavy atom. The van der Waals surface area contributed by atoms with Crippen LogP contribution in [0.1, 0.15) is 44.4 Å². The molecule has 6 nitrogen and oxygen atoms in total. The number of carbonyl (C=O) groups is 1. The van der Waals surface area contributed by atoms with Gasteiger partial charge in [0.1, 0.15) is 12.4 Å². The minimum atomic E-state index is 0.0662. The summed E-state index contributed by atoms with van der Waals surface area (Å²) < 4.78 is 5.73. The fourth-order valence-electron chi connectivity index (χ4n) is 2.16. The number of nitrogens with one attached hydrogen (secondary N) is 1. The van der Waals surface area contributed by atoms with E-state index in [1.807, 2.05) is 12.1 Å². The Morgan fingerprint density at radius 1 is 1.21 bits per heavy atom. The Morgan fingerprint density at radius 3 is 2.46 bits per heavy atom. The number of rotatable bonds is 6. The van der Waals surface area contributed by atoms with Gasteiger partial charge in [0.25, 0.3) is 0 Å².